The van der Waals surface area contributed by atoms with Crippen molar-refractivity contribution in [2.24, 2.45) is 5.92 Å². The van der Waals surface area contributed by atoms with Gasteiger partial charge in [-0.05, 0) is 30.2 Å². The molecule has 0 aromatic heterocycles. The molecular weight excluding hydrogens is 170 g/mol. The molecule has 1 atom stereocenters. The molecule has 0 amide bonds. The average molecular weight is 185 g/mol. The first-order valence-electron chi connectivity index (χ1n) is 5.31. The molecule has 2 aliphatic rings. The fourth-order valence-corrected chi connectivity index (χ4v) is 2.72. The summed E-state index contributed by atoms with van der Waals surface area (Å²) in [6.45, 7) is 2.33. The van der Waals surface area contributed by atoms with Gasteiger partial charge in [-0.1, -0.05) is 30.3 Å². The Labute approximate surface area is 85.0 Å². The van der Waals surface area contributed by atoms with Gasteiger partial charge in [-0.15, -0.1) is 0 Å². The molecule has 1 aliphatic heterocycles. The fraction of sp³-hybridized carbons (Fsp3) is 0.385. The van der Waals surface area contributed by atoms with Crippen molar-refractivity contribution < 1.29 is 0 Å². The first-order valence-corrected chi connectivity index (χ1v) is 5.31. The highest BCUT2D eigenvalue weighted by Crippen LogP contribution is 2.38. The van der Waals surface area contributed by atoms with E-state index in [4.69, 9.17) is 0 Å². The third-order valence-corrected chi connectivity index (χ3v) is 3.39. The lowest BCUT2D eigenvalue weighted by molar-refractivity contribution is 0.323. The Kier molecular flexibility index (Phi) is 1.74. The van der Waals surface area contributed by atoms with Crippen molar-refractivity contribution in [1.29, 1.82) is 0 Å². The van der Waals surface area contributed by atoms with Crippen molar-refractivity contribution >= 4 is 5.57 Å². The maximum Gasteiger partial charge on any atom is 0.0166 e. The van der Waals surface area contributed by atoms with E-state index in [9.17, 15) is 0 Å². The summed E-state index contributed by atoms with van der Waals surface area (Å²) in [5.41, 5.74) is 4.64. The average Bonchev–Trinajstić information content (AvgIpc) is 2.54. The highest BCUT2D eigenvalue weighted by Gasteiger charge is 2.29. The Balaban J connectivity index is 2.06. The summed E-state index contributed by atoms with van der Waals surface area (Å²) >= 11 is 0. The number of benzene rings is 1. The third kappa shape index (κ3) is 1.12. The molecule has 1 aliphatic carbocycles. The van der Waals surface area contributed by atoms with Crippen LogP contribution in [0.1, 0.15) is 11.1 Å². The Morgan fingerprint density at radius 3 is 3.07 bits per heavy atom. The van der Waals surface area contributed by atoms with Crippen molar-refractivity contribution in [2.45, 2.75) is 6.42 Å². The van der Waals surface area contributed by atoms with Crippen molar-refractivity contribution in [3.63, 3.8) is 0 Å². The van der Waals surface area contributed by atoms with Crippen LogP contribution in [0.3, 0.4) is 0 Å². The number of nitrogens with zero attached hydrogens (tertiary/aromatic N) is 1. The molecule has 0 saturated carbocycles. The van der Waals surface area contributed by atoms with Crippen LogP contribution in [-0.2, 0) is 6.42 Å². The lowest BCUT2D eigenvalue weighted by atomic mass is 9.96. The number of rotatable bonds is 0. The predicted octanol–water partition coefficient (Wildman–Crippen LogP) is 2.19. The van der Waals surface area contributed by atoms with Crippen LogP contribution in [0.5, 0.6) is 0 Å². The van der Waals surface area contributed by atoms with Gasteiger partial charge in [0.25, 0.3) is 0 Å². The molecule has 72 valence electrons. The molecule has 1 heteroatoms. The highest BCUT2D eigenvalue weighted by molar-refractivity contribution is 5.75. The molecule has 1 nitrogen and oxygen atoms in total. The van der Waals surface area contributed by atoms with Crippen LogP contribution < -0.4 is 0 Å². The van der Waals surface area contributed by atoms with Gasteiger partial charge in [-0.2, -0.15) is 0 Å². The van der Waals surface area contributed by atoms with E-state index in [1.54, 1.807) is 11.1 Å². The maximum absolute atomic E-state index is 2.40. The molecule has 1 aromatic rings. The molecule has 0 fully saturated rings. The highest BCUT2D eigenvalue weighted by atomic mass is 15.1. The summed E-state index contributed by atoms with van der Waals surface area (Å²) in [4.78, 5) is 2.40. The second kappa shape index (κ2) is 2.96. The van der Waals surface area contributed by atoms with Gasteiger partial charge < -0.3 is 4.90 Å². The van der Waals surface area contributed by atoms with Gasteiger partial charge in [0.05, 0.1) is 0 Å². The van der Waals surface area contributed by atoms with Gasteiger partial charge in [0, 0.05) is 19.0 Å². The first kappa shape index (κ1) is 8.25. The zero-order valence-corrected chi connectivity index (χ0v) is 8.53. The number of hydrogen-bond acceptors (Lipinski definition) is 1. The van der Waals surface area contributed by atoms with Gasteiger partial charge in [0.15, 0.2) is 0 Å². The van der Waals surface area contributed by atoms with E-state index in [0.717, 1.165) is 12.5 Å². The second-order valence-electron chi connectivity index (χ2n) is 4.44. The van der Waals surface area contributed by atoms with Crippen LogP contribution in [0.4, 0.5) is 0 Å². The zero-order valence-electron chi connectivity index (χ0n) is 8.53. The molecule has 1 heterocycles. The minimum absolute atomic E-state index is 0.756. The fourth-order valence-electron chi connectivity index (χ4n) is 2.72. The van der Waals surface area contributed by atoms with Crippen molar-refractivity contribution in [3.05, 3.63) is 41.5 Å². The molecule has 0 spiro atoms. The zero-order chi connectivity index (χ0) is 9.54. The normalized spacial score (nSPS) is 25.5. The van der Waals surface area contributed by atoms with E-state index < -0.39 is 0 Å². The largest absolute Gasteiger partial charge is 0.302 e. The van der Waals surface area contributed by atoms with E-state index in [2.05, 4.69) is 42.3 Å². The Morgan fingerprint density at radius 1 is 1.29 bits per heavy atom. The predicted molar refractivity (Wildman–Crippen MR) is 59.1 cm³/mol. The Bertz CT molecular complexity index is 392. The quantitative estimate of drug-likeness (QED) is 0.599. The molecule has 14 heavy (non-hydrogen) atoms. The van der Waals surface area contributed by atoms with Crippen molar-refractivity contribution in [1.82, 2.24) is 4.90 Å². The minimum Gasteiger partial charge on any atom is -0.302 e. The topological polar surface area (TPSA) is 3.24 Å². The molecule has 1 unspecified atom stereocenters. The van der Waals surface area contributed by atoms with E-state index >= 15 is 0 Å². The molecule has 3 rings (SSSR count). The SMILES string of the molecule is CN1CC=C2c3ccccc3CC2C1. The maximum atomic E-state index is 2.40. The van der Waals surface area contributed by atoms with E-state index in [0.29, 0.717) is 0 Å². The molecular formula is C13H15N. The molecule has 0 bridgehead atoms. The van der Waals surface area contributed by atoms with Gasteiger partial charge >= 0.3 is 0 Å². The number of fused-ring (bicyclic) bond motifs is 3. The Hall–Kier alpha value is -1.08. The first-order chi connectivity index (χ1) is 6.84. The monoisotopic (exact) mass is 185 g/mol. The Morgan fingerprint density at radius 2 is 2.14 bits per heavy atom. The van der Waals surface area contributed by atoms with E-state index in [1.807, 2.05) is 0 Å². The van der Waals surface area contributed by atoms with Crippen LogP contribution in [0.15, 0.2) is 30.3 Å². The molecule has 1 aromatic carbocycles. The standard InChI is InChI=1S/C13H15N/c1-14-7-6-13-11(9-14)8-10-4-2-3-5-12(10)13/h2-6,11H,7-9H2,1H3. The van der Waals surface area contributed by atoms with Gasteiger partial charge in [0.2, 0.25) is 0 Å². The second-order valence-corrected chi connectivity index (χ2v) is 4.44. The lowest BCUT2D eigenvalue weighted by Crippen LogP contribution is -2.29. The van der Waals surface area contributed by atoms with E-state index in [-0.39, 0.29) is 0 Å². The minimum atomic E-state index is 0.756. The van der Waals surface area contributed by atoms with Crippen molar-refractivity contribution in [3.8, 4) is 0 Å². The summed E-state index contributed by atoms with van der Waals surface area (Å²) in [6.07, 6.45) is 3.65. The van der Waals surface area contributed by atoms with Crippen LogP contribution in [-0.4, -0.2) is 25.0 Å². The summed E-state index contributed by atoms with van der Waals surface area (Å²) in [6, 6.07) is 8.85. The third-order valence-electron chi connectivity index (χ3n) is 3.39. The molecule has 0 radical (unpaired) electrons. The summed E-state index contributed by atoms with van der Waals surface area (Å²) < 4.78 is 0. The van der Waals surface area contributed by atoms with Crippen LogP contribution in [0.2, 0.25) is 0 Å². The van der Waals surface area contributed by atoms with Gasteiger partial charge in [0.1, 0.15) is 0 Å². The van der Waals surface area contributed by atoms with Crippen LogP contribution in [0.25, 0.3) is 5.57 Å². The summed E-state index contributed by atoms with van der Waals surface area (Å²) in [7, 11) is 2.20. The smallest absolute Gasteiger partial charge is 0.0166 e. The van der Waals surface area contributed by atoms with Gasteiger partial charge in [-0.3, -0.25) is 0 Å². The van der Waals surface area contributed by atoms with Crippen LogP contribution in [0, 0.1) is 5.92 Å². The van der Waals surface area contributed by atoms with Crippen LogP contribution >= 0.6 is 0 Å². The summed E-state index contributed by atoms with van der Waals surface area (Å²) in [5.74, 6) is 0.756. The lowest BCUT2D eigenvalue weighted by Gasteiger charge is -2.26. The number of hydrogen-bond donors (Lipinski definition) is 0. The molecule has 0 N–H and O–H groups in total. The van der Waals surface area contributed by atoms with Gasteiger partial charge in [-0.25, -0.2) is 0 Å². The van der Waals surface area contributed by atoms with E-state index in [1.165, 1.54) is 18.5 Å². The summed E-state index contributed by atoms with van der Waals surface area (Å²) in [5, 5.41) is 0. The molecule has 0 saturated heterocycles. The van der Waals surface area contributed by atoms with Crippen molar-refractivity contribution in [2.75, 3.05) is 20.1 Å². The number of likely N-dealkylation sites (N-methyl/N-ethyl adjacent to an activating group) is 1.